The van der Waals surface area contributed by atoms with Crippen molar-refractivity contribution < 1.29 is 33.4 Å². The van der Waals surface area contributed by atoms with Crippen molar-refractivity contribution in [3.63, 3.8) is 0 Å². The van der Waals surface area contributed by atoms with Crippen molar-refractivity contribution in [2.75, 3.05) is 34.4 Å². The number of H-pyrrole nitrogens is 2. The first-order valence-corrected chi connectivity index (χ1v) is 19.3. The fraction of sp³-hybridized carbons (Fsp3) is 0.463. The maximum atomic E-state index is 13.6. The van der Waals surface area contributed by atoms with Gasteiger partial charge in [0.25, 0.3) is 0 Å². The lowest BCUT2D eigenvalue weighted by molar-refractivity contribution is -0.138. The van der Waals surface area contributed by atoms with E-state index in [0.29, 0.717) is 25.3 Å². The number of carbonyl (C=O) groups is 4. The normalized spacial score (nSPS) is 21.8. The maximum absolute atomic E-state index is 13.6. The fourth-order valence-corrected chi connectivity index (χ4v) is 8.30. The van der Waals surface area contributed by atoms with E-state index in [-0.39, 0.29) is 35.9 Å². The van der Waals surface area contributed by atoms with Crippen LogP contribution in [0.15, 0.2) is 60.9 Å². The summed E-state index contributed by atoms with van der Waals surface area (Å²) in [4.78, 5) is 70.8. The second-order valence-electron chi connectivity index (χ2n) is 14.8. The molecule has 4 aromatic rings. The smallest absolute Gasteiger partial charge is 0.407 e. The third-order valence-corrected chi connectivity index (χ3v) is 11.5. The van der Waals surface area contributed by atoms with Crippen LogP contribution in [0, 0.1) is 5.92 Å². The predicted molar refractivity (Wildman–Crippen MR) is 207 cm³/mol. The van der Waals surface area contributed by atoms with E-state index in [4.69, 9.17) is 19.2 Å². The van der Waals surface area contributed by atoms with Gasteiger partial charge in [-0.05, 0) is 74.1 Å². The summed E-state index contributed by atoms with van der Waals surface area (Å²) >= 11 is 0. The fourth-order valence-electron chi connectivity index (χ4n) is 8.30. The van der Waals surface area contributed by atoms with Gasteiger partial charge in [0.15, 0.2) is 0 Å². The summed E-state index contributed by atoms with van der Waals surface area (Å²) in [5.41, 5.74) is 5.83. The molecule has 7 rings (SSSR count). The summed E-state index contributed by atoms with van der Waals surface area (Å²) in [5, 5.41) is 5.46. The molecule has 4 heterocycles. The molecular weight excluding hydrogens is 716 g/mol. The van der Waals surface area contributed by atoms with E-state index in [0.717, 1.165) is 78.0 Å². The number of imidazole rings is 2. The number of hydrogen-bond donors (Lipinski definition) is 4. The van der Waals surface area contributed by atoms with E-state index in [2.05, 4.69) is 62.0 Å². The van der Waals surface area contributed by atoms with Crippen LogP contribution >= 0.6 is 0 Å². The molecule has 1 unspecified atom stereocenters. The molecule has 3 fully saturated rings. The first-order chi connectivity index (χ1) is 27.2. The van der Waals surface area contributed by atoms with Crippen LogP contribution in [0.3, 0.4) is 0 Å². The topological polar surface area (TPSA) is 184 Å². The summed E-state index contributed by atoms with van der Waals surface area (Å²) in [6.45, 7) is 2.98. The van der Waals surface area contributed by atoms with Crippen LogP contribution in [0.1, 0.15) is 75.6 Å². The zero-order valence-corrected chi connectivity index (χ0v) is 32.2. The molecule has 2 aliphatic heterocycles. The number of hydrogen-bond acceptors (Lipinski definition) is 9. The van der Waals surface area contributed by atoms with Gasteiger partial charge in [0, 0.05) is 32.2 Å². The number of likely N-dealkylation sites (tertiary alicyclic amines) is 2. The molecule has 2 aromatic carbocycles. The zero-order valence-electron chi connectivity index (χ0n) is 32.2. The first-order valence-electron chi connectivity index (χ1n) is 19.3. The molecule has 6 atom stereocenters. The molecule has 1 saturated carbocycles. The Morgan fingerprint density at radius 2 is 1.23 bits per heavy atom. The van der Waals surface area contributed by atoms with Crippen molar-refractivity contribution in [2.24, 2.45) is 5.92 Å². The van der Waals surface area contributed by atoms with Crippen LogP contribution in [-0.2, 0) is 23.8 Å². The Hall–Kier alpha value is -5.70. The molecule has 0 bridgehead atoms. The van der Waals surface area contributed by atoms with Crippen molar-refractivity contribution in [2.45, 2.75) is 82.1 Å². The van der Waals surface area contributed by atoms with E-state index < -0.39 is 24.3 Å². The van der Waals surface area contributed by atoms with Crippen LogP contribution in [0.5, 0.6) is 0 Å². The van der Waals surface area contributed by atoms with Crippen molar-refractivity contribution in [3.05, 3.63) is 72.6 Å². The zero-order chi connectivity index (χ0) is 39.3. The molecule has 296 valence electrons. The monoisotopic (exact) mass is 766 g/mol. The summed E-state index contributed by atoms with van der Waals surface area (Å²) in [6.07, 6.45) is 7.40. The Balaban J connectivity index is 0.977. The quantitative estimate of drug-likeness (QED) is 0.148. The highest BCUT2D eigenvalue weighted by molar-refractivity contribution is 5.87. The predicted octanol–water partition coefficient (Wildman–Crippen LogP) is 5.75. The third-order valence-electron chi connectivity index (χ3n) is 11.5. The van der Waals surface area contributed by atoms with Crippen LogP contribution in [0.2, 0.25) is 0 Å². The lowest BCUT2D eigenvalue weighted by Crippen LogP contribution is -2.54. The number of rotatable bonds is 11. The standard InChI is InChI=1S/C41H50N8O7/c1-24(54-2)35(47-41(53)56-4)39(51)49-20-6-8-34(49)37-43-23-32(46-37)28-15-11-26(12-16-28)25-9-13-27(14-10-25)31-22-42-36(45-31)33-7-5-19-48(33)38(50)29-17-18-30(21-29)44-40(52)55-3/h9-16,22-24,29-30,33-35H,5-8,17-21H2,1-4H3,(H,42,45)(H,43,46)(H,44,52)(H,47,53)/t24?,29-,30+,33-,34-,35-/m0/s1. The lowest BCUT2D eigenvalue weighted by atomic mass is 10.0. The van der Waals surface area contributed by atoms with Crippen molar-refractivity contribution >= 4 is 24.0 Å². The largest absolute Gasteiger partial charge is 0.453 e. The number of alkyl carbamates (subject to hydrolysis) is 2. The molecule has 1 aliphatic carbocycles. The van der Waals surface area contributed by atoms with Gasteiger partial charge in [-0.15, -0.1) is 0 Å². The Labute approximate surface area is 325 Å². The molecule has 2 aromatic heterocycles. The van der Waals surface area contributed by atoms with Gasteiger partial charge in [-0.1, -0.05) is 48.5 Å². The van der Waals surface area contributed by atoms with E-state index in [9.17, 15) is 19.2 Å². The summed E-state index contributed by atoms with van der Waals surface area (Å²) in [6, 6.07) is 15.3. The van der Waals surface area contributed by atoms with E-state index in [1.54, 1.807) is 18.0 Å². The van der Waals surface area contributed by atoms with E-state index in [1.165, 1.54) is 21.3 Å². The van der Waals surface area contributed by atoms with Gasteiger partial charge >= 0.3 is 12.2 Å². The summed E-state index contributed by atoms with van der Waals surface area (Å²) < 4.78 is 14.9. The molecule has 56 heavy (non-hydrogen) atoms. The minimum Gasteiger partial charge on any atom is -0.453 e. The van der Waals surface area contributed by atoms with Gasteiger partial charge in [0.05, 0.1) is 56.2 Å². The van der Waals surface area contributed by atoms with E-state index in [1.807, 2.05) is 23.2 Å². The second-order valence-corrected chi connectivity index (χ2v) is 14.8. The number of aromatic amines is 2. The Morgan fingerprint density at radius 1 is 0.714 bits per heavy atom. The van der Waals surface area contributed by atoms with Gasteiger partial charge in [-0.3, -0.25) is 9.59 Å². The van der Waals surface area contributed by atoms with Gasteiger partial charge < -0.3 is 44.6 Å². The van der Waals surface area contributed by atoms with Crippen molar-refractivity contribution in [1.82, 2.24) is 40.4 Å². The van der Waals surface area contributed by atoms with Crippen molar-refractivity contribution in [3.8, 4) is 33.6 Å². The third kappa shape index (κ3) is 8.13. The maximum Gasteiger partial charge on any atom is 0.407 e. The van der Waals surface area contributed by atoms with Gasteiger partial charge in [0.1, 0.15) is 17.7 Å². The van der Waals surface area contributed by atoms with Gasteiger partial charge in [0.2, 0.25) is 11.8 Å². The molecule has 0 radical (unpaired) electrons. The van der Waals surface area contributed by atoms with E-state index >= 15 is 0 Å². The molecule has 15 nitrogen and oxygen atoms in total. The summed E-state index contributed by atoms with van der Waals surface area (Å²) in [7, 11) is 4.11. The second kappa shape index (κ2) is 17.0. The van der Waals surface area contributed by atoms with Crippen LogP contribution in [0.25, 0.3) is 33.6 Å². The first kappa shape index (κ1) is 38.6. The highest BCUT2D eigenvalue weighted by Crippen LogP contribution is 2.37. The minimum absolute atomic E-state index is 0.0451. The molecule has 4 amide bonds. The van der Waals surface area contributed by atoms with Gasteiger partial charge in [-0.2, -0.15) is 0 Å². The SMILES string of the molecule is COC(=O)N[C@@H]1CC[C@H](C(=O)N2CCC[C@H]2c2ncc(-c3ccc(-c4ccc(-c5cnc([C@@H]6CCCN6C(=O)[C@@H](NC(=O)OC)C(C)OC)[nH]5)cc4)cc3)[nH]2)C1. The average molecular weight is 767 g/mol. The highest BCUT2D eigenvalue weighted by atomic mass is 16.5. The van der Waals surface area contributed by atoms with Crippen LogP contribution in [-0.4, -0.2) is 106 Å². The molecule has 2 saturated heterocycles. The highest BCUT2D eigenvalue weighted by Gasteiger charge is 2.40. The number of nitrogens with one attached hydrogen (secondary N) is 4. The molecule has 4 N–H and O–H groups in total. The number of aromatic nitrogens is 4. The van der Waals surface area contributed by atoms with Crippen molar-refractivity contribution in [1.29, 1.82) is 0 Å². The lowest BCUT2D eigenvalue weighted by Gasteiger charge is -2.30. The number of ether oxygens (including phenoxy) is 3. The van der Waals surface area contributed by atoms with Crippen LogP contribution < -0.4 is 10.6 Å². The summed E-state index contributed by atoms with van der Waals surface area (Å²) in [5.74, 6) is 1.26. The Morgan fingerprint density at radius 3 is 1.77 bits per heavy atom. The number of nitrogens with zero attached hydrogens (tertiary/aromatic N) is 4. The van der Waals surface area contributed by atoms with Crippen LogP contribution in [0.4, 0.5) is 9.59 Å². The minimum atomic E-state index is -0.892. The number of methoxy groups -OCH3 is 3. The Bertz CT molecular complexity index is 2010. The molecular formula is C41H50N8O7. The molecule has 15 heteroatoms. The number of amides is 4. The average Bonchev–Trinajstić information content (AvgIpc) is 4.08. The molecule has 0 spiro atoms. The molecule has 3 aliphatic rings. The number of carbonyl (C=O) groups excluding carboxylic acids is 4. The van der Waals surface area contributed by atoms with Gasteiger partial charge in [-0.25, -0.2) is 19.6 Å². The Kier molecular flexibility index (Phi) is 11.7. The number of benzene rings is 2.